The van der Waals surface area contributed by atoms with Gasteiger partial charge in [-0.2, -0.15) is 0 Å². The molecule has 0 aliphatic carbocycles. The van der Waals surface area contributed by atoms with Gasteiger partial charge in [0.2, 0.25) is 11.8 Å². The molecule has 2 saturated heterocycles. The van der Waals surface area contributed by atoms with Crippen LogP contribution in [0.4, 0.5) is 5.69 Å². The van der Waals surface area contributed by atoms with E-state index in [1.54, 1.807) is 11.3 Å². The zero-order valence-corrected chi connectivity index (χ0v) is 17.2. The number of nitrogens with two attached hydrogens (primary N) is 1. The van der Waals surface area contributed by atoms with Crippen LogP contribution in [0.2, 0.25) is 0 Å². The predicted molar refractivity (Wildman–Crippen MR) is 112 cm³/mol. The molecule has 28 heavy (non-hydrogen) atoms. The minimum atomic E-state index is -0.354. The molecule has 0 radical (unpaired) electrons. The number of carbonyl (C=O) groups is 2. The maximum Gasteiger partial charge on any atom is 0.228 e. The zero-order valence-electron chi connectivity index (χ0n) is 16.4. The molecular formula is C22H27N3O2S. The van der Waals surface area contributed by atoms with Crippen LogP contribution in [0, 0.1) is 18.3 Å². The van der Waals surface area contributed by atoms with Crippen molar-refractivity contribution in [3.8, 4) is 0 Å². The number of benzene rings is 1. The molecule has 2 aromatic rings. The third kappa shape index (κ3) is 3.35. The average molecular weight is 398 g/mol. The summed E-state index contributed by atoms with van der Waals surface area (Å²) in [5.74, 6) is -0.257. The van der Waals surface area contributed by atoms with Gasteiger partial charge in [0.15, 0.2) is 0 Å². The Morgan fingerprint density at radius 3 is 2.64 bits per heavy atom. The van der Waals surface area contributed by atoms with Crippen LogP contribution in [0.5, 0.6) is 0 Å². The number of hydrogen-bond acceptors (Lipinski definition) is 4. The predicted octanol–water partition coefficient (Wildman–Crippen LogP) is 3.35. The third-order valence-electron chi connectivity index (χ3n) is 6.15. The first-order chi connectivity index (χ1) is 13.4. The first kappa shape index (κ1) is 19.2. The highest BCUT2D eigenvalue weighted by Crippen LogP contribution is 2.44. The van der Waals surface area contributed by atoms with Crippen molar-refractivity contribution in [1.29, 1.82) is 0 Å². The Morgan fingerprint density at radius 1 is 1.29 bits per heavy atom. The van der Waals surface area contributed by atoms with Gasteiger partial charge in [-0.3, -0.25) is 9.59 Å². The first-order valence-corrected chi connectivity index (χ1v) is 10.7. The van der Waals surface area contributed by atoms with E-state index in [2.05, 4.69) is 6.92 Å². The minimum Gasteiger partial charge on any atom is -0.342 e. The summed E-state index contributed by atoms with van der Waals surface area (Å²) in [6.07, 6.45) is 1.17. The van der Waals surface area contributed by atoms with E-state index in [1.165, 1.54) is 0 Å². The number of likely N-dealkylation sites (tertiary alicyclic amines) is 1. The van der Waals surface area contributed by atoms with Crippen molar-refractivity contribution >= 4 is 28.8 Å². The van der Waals surface area contributed by atoms with E-state index in [0.29, 0.717) is 13.1 Å². The first-order valence-electron chi connectivity index (χ1n) is 9.83. The van der Waals surface area contributed by atoms with E-state index in [1.807, 2.05) is 58.5 Å². The summed E-state index contributed by atoms with van der Waals surface area (Å²) in [4.78, 5) is 31.3. The Morgan fingerprint density at radius 2 is 2.04 bits per heavy atom. The van der Waals surface area contributed by atoms with Crippen LogP contribution in [-0.2, 0) is 9.59 Å². The summed E-state index contributed by atoms with van der Waals surface area (Å²) >= 11 is 1.61. The molecule has 0 saturated carbocycles. The Labute approximate surface area is 170 Å². The quantitative estimate of drug-likeness (QED) is 0.860. The lowest BCUT2D eigenvalue weighted by molar-refractivity contribution is -0.135. The number of hydrogen-bond donors (Lipinski definition) is 1. The second-order valence-corrected chi connectivity index (χ2v) is 9.37. The largest absolute Gasteiger partial charge is 0.342 e. The van der Waals surface area contributed by atoms with E-state index in [4.69, 9.17) is 5.73 Å². The van der Waals surface area contributed by atoms with E-state index in [0.717, 1.165) is 29.1 Å². The van der Waals surface area contributed by atoms with Gasteiger partial charge < -0.3 is 15.5 Å². The van der Waals surface area contributed by atoms with E-state index in [9.17, 15) is 9.59 Å². The number of rotatable bonds is 4. The summed E-state index contributed by atoms with van der Waals surface area (Å²) in [6.45, 7) is 6.13. The maximum atomic E-state index is 13.4. The number of amides is 2. The van der Waals surface area contributed by atoms with Crippen LogP contribution in [0.1, 0.15) is 36.2 Å². The molecule has 148 valence electrons. The fourth-order valence-corrected chi connectivity index (χ4v) is 5.24. The van der Waals surface area contributed by atoms with Crippen LogP contribution in [0.15, 0.2) is 41.8 Å². The molecule has 1 aromatic carbocycles. The summed E-state index contributed by atoms with van der Waals surface area (Å²) in [7, 11) is 0. The van der Waals surface area contributed by atoms with Gasteiger partial charge in [-0.15, -0.1) is 11.3 Å². The van der Waals surface area contributed by atoms with Crippen LogP contribution in [0.3, 0.4) is 0 Å². The second-order valence-electron chi connectivity index (χ2n) is 8.39. The molecule has 1 aromatic heterocycles. The van der Waals surface area contributed by atoms with Gasteiger partial charge in [0.25, 0.3) is 0 Å². The average Bonchev–Trinajstić information content (AvgIpc) is 3.41. The Hall–Kier alpha value is -2.18. The number of aryl methyl sites for hydroxylation is 1. The molecule has 2 aliphatic rings. The molecule has 0 bridgehead atoms. The Balaban J connectivity index is 1.66. The Kier molecular flexibility index (Phi) is 5.02. The fraction of sp³-hybridized carbons (Fsp3) is 0.455. The minimum absolute atomic E-state index is 0.0152. The van der Waals surface area contributed by atoms with Crippen molar-refractivity contribution in [2.75, 3.05) is 24.5 Å². The Bertz CT molecular complexity index is 864. The number of nitrogens with zero attached hydrogens (tertiary/aromatic N) is 2. The number of carbonyl (C=O) groups excluding carboxylic acids is 2. The summed E-state index contributed by atoms with van der Waals surface area (Å²) in [5.41, 5.74) is 7.91. The van der Waals surface area contributed by atoms with Gasteiger partial charge in [-0.25, -0.2) is 0 Å². The van der Waals surface area contributed by atoms with Gasteiger partial charge in [0, 0.05) is 30.1 Å². The lowest BCUT2D eigenvalue weighted by atomic mass is 9.90. The lowest BCUT2D eigenvalue weighted by Gasteiger charge is -2.30. The molecule has 2 amide bonds. The van der Waals surface area contributed by atoms with Crippen molar-refractivity contribution in [1.82, 2.24) is 4.90 Å². The highest BCUT2D eigenvalue weighted by atomic mass is 32.1. The summed E-state index contributed by atoms with van der Waals surface area (Å²) in [6, 6.07) is 11.7. The van der Waals surface area contributed by atoms with Crippen LogP contribution in [-0.4, -0.2) is 36.3 Å². The van der Waals surface area contributed by atoms with Crippen LogP contribution in [0.25, 0.3) is 0 Å². The second kappa shape index (κ2) is 7.33. The fourth-order valence-electron chi connectivity index (χ4n) is 4.36. The monoisotopic (exact) mass is 397 g/mol. The standard InChI is InChI=1S/C22H27N3O2S/c1-15-5-7-16(8-6-15)25-19(26)12-17(20(25)18-4-3-11-28-18)21(27)24-10-9-22(2,13-23)14-24/h3-8,11,17,20H,9-10,12-14,23H2,1-2H3. The van der Waals surface area contributed by atoms with Gasteiger partial charge >= 0.3 is 0 Å². The maximum absolute atomic E-state index is 13.4. The van der Waals surface area contributed by atoms with Gasteiger partial charge in [-0.05, 0) is 48.9 Å². The molecule has 6 heteroatoms. The normalized spacial score (nSPS) is 27.6. The van der Waals surface area contributed by atoms with Crippen LogP contribution < -0.4 is 10.6 Å². The number of anilines is 1. The zero-order chi connectivity index (χ0) is 19.9. The smallest absolute Gasteiger partial charge is 0.228 e. The molecule has 3 unspecified atom stereocenters. The van der Waals surface area contributed by atoms with Gasteiger partial charge in [0.1, 0.15) is 0 Å². The SMILES string of the molecule is Cc1ccc(N2C(=O)CC(C(=O)N3CCC(C)(CN)C3)C2c2cccs2)cc1. The lowest BCUT2D eigenvalue weighted by Crippen LogP contribution is -2.39. The van der Waals surface area contributed by atoms with Gasteiger partial charge in [-0.1, -0.05) is 30.7 Å². The van der Waals surface area contributed by atoms with Gasteiger partial charge in [0.05, 0.1) is 12.0 Å². The highest BCUT2D eigenvalue weighted by molar-refractivity contribution is 7.10. The van der Waals surface area contributed by atoms with E-state index in [-0.39, 0.29) is 35.6 Å². The molecule has 2 fully saturated rings. The van der Waals surface area contributed by atoms with Crippen LogP contribution >= 0.6 is 11.3 Å². The van der Waals surface area contributed by atoms with Crippen molar-refractivity contribution in [3.63, 3.8) is 0 Å². The summed E-state index contributed by atoms with van der Waals surface area (Å²) in [5, 5.41) is 2.01. The molecular weight excluding hydrogens is 370 g/mol. The van der Waals surface area contributed by atoms with Crippen molar-refractivity contribution in [3.05, 3.63) is 52.2 Å². The molecule has 5 nitrogen and oxygen atoms in total. The van der Waals surface area contributed by atoms with Crippen molar-refractivity contribution in [2.24, 2.45) is 17.1 Å². The molecule has 4 rings (SSSR count). The number of thiophene rings is 1. The van der Waals surface area contributed by atoms with E-state index >= 15 is 0 Å². The molecule has 0 spiro atoms. The van der Waals surface area contributed by atoms with E-state index < -0.39 is 0 Å². The van der Waals surface area contributed by atoms with Crippen molar-refractivity contribution < 1.29 is 9.59 Å². The molecule has 2 N–H and O–H groups in total. The summed E-state index contributed by atoms with van der Waals surface area (Å²) < 4.78 is 0. The molecule has 2 aliphatic heterocycles. The molecule has 3 atom stereocenters. The topological polar surface area (TPSA) is 66.6 Å². The van der Waals surface area contributed by atoms with Crippen molar-refractivity contribution in [2.45, 2.75) is 32.7 Å². The highest BCUT2D eigenvalue weighted by Gasteiger charge is 2.48. The molecule has 3 heterocycles. The third-order valence-corrected chi connectivity index (χ3v) is 7.09.